The standard InChI is InChI=1S/C21H15F4N3O3/c22-14-6-8-15(9-7-14)26-20(31)16-3-1-2-4-17(16)27-18(29)12-28-11-13(21(23,24)25)5-10-19(28)30/h1-11H,12H2,(H,26,31)(H,27,29). The molecule has 0 saturated carbocycles. The van der Waals surface area contributed by atoms with Crippen molar-refractivity contribution in [3.8, 4) is 0 Å². The molecule has 2 aromatic carbocycles. The Morgan fingerprint density at radius 1 is 0.903 bits per heavy atom. The summed E-state index contributed by atoms with van der Waals surface area (Å²) in [7, 11) is 0. The smallest absolute Gasteiger partial charge is 0.324 e. The van der Waals surface area contributed by atoms with Crippen LogP contribution in [0.15, 0.2) is 71.7 Å². The monoisotopic (exact) mass is 433 g/mol. The topological polar surface area (TPSA) is 80.2 Å². The molecule has 0 fully saturated rings. The van der Waals surface area contributed by atoms with Crippen molar-refractivity contribution >= 4 is 23.2 Å². The van der Waals surface area contributed by atoms with Crippen LogP contribution in [0.2, 0.25) is 0 Å². The molecule has 3 rings (SSSR count). The van der Waals surface area contributed by atoms with E-state index in [0.717, 1.165) is 18.2 Å². The summed E-state index contributed by atoms with van der Waals surface area (Å²) in [5.74, 6) is -1.88. The fraction of sp³-hybridized carbons (Fsp3) is 0.0952. The molecule has 0 aliphatic rings. The number of amides is 2. The summed E-state index contributed by atoms with van der Waals surface area (Å²) in [5, 5.41) is 4.96. The lowest BCUT2D eigenvalue weighted by Crippen LogP contribution is -2.28. The number of halogens is 4. The number of para-hydroxylation sites is 1. The normalized spacial score (nSPS) is 11.1. The summed E-state index contributed by atoms with van der Waals surface area (Å²) in [4.78, 5) is 36.7. The van der Waals surface area contributed by atoms with Crippen molar-refractivity contribution in [1.29, 1.82) is 0 Å². The zero-order valence-electron chi connectivity index (χ0n) is 15.7. The minimum atomic E-state index is -4.67. The summed E-state index contributed by atoms with van der Waals surface area (Å²) in [6.45, 7) is -0.684. The predicted octanol–water partition coefficient (Wildman–Crippen LogP) is 3.90. The third kappa shape index (κ3) is 5.56. The number of benzene rings is 2. The van der Waals surface area contributed by atoms with Gasteiger partial charge in [0.2, 0.25) is 5.91 Å². The molecule has 6 nitrogen and oxygen atoms in total. The van der Waals surface area contributed by atoms with Crippen LogP contribution in [0.3, 0.4) is 0 Å². The number of pyridine rings is 1. The van der Waals surface area contributed by atoms with Gasteiger partial charge >= 0.3 is 6.18 Å². The Hall–Kier alpha value is -3.95. The van der Waals surface area contributed by atoms with E-state index in [9.17, 15) is 31.9 Å². The van der Waals surface area contributed by atoms with E-state index >= 15 is 0 Å². The van der Waals surface area contributed by atoms with Crippen LogP contribution in [-0.2, 0) is 17.5 Å². The highest BCUT2D eigenvalue weighted by Gasteiger charge is 2.31. The van der Waals surface area contributed by atoms with Crippen molar-refractivity contribution in [1.82, 2.24) is 4.57 Å². The van der Waals surface area contributed by atoms with E-state index in [1.54, 1.807) is 12.1 Å². The van der Waals surface area contributed by atoms with E-state index in [0.29, 0.717) is 22.5 Å². The second-order valence-electron chi connectivity index (χ2n) is 6.44. The lowest BCUT2D eigenvalue weighted by Gasteiger charge is -2.13. The van der Waals surface area contributed by atoms with Crippen LogP contribution >= 0.6 is 0 Å². The Morgan fingerprint density at radius 3 is 2.26 bits per heavy atom. The molecule has 0 aliphatic carbocycles. The SMILES string of the molecule is O=C(Cn1cc(C(F)(F)F)ccc1=O)Nc1ccccc1C(=O)Nc1ccc(F)cc1. The Balaban J connectivity index is 1.76. The number of alkyl halides is 3. The average Bonchev–Trinajstić information content (AvgIpc) is 2.71. The van der Waals surface area contributed by atoms with Crippen molar-refractivity contribution in [2.45, 2.75) is 12.7 Å². The highest BCUT2D eigenvalue weighted by Crippen LogP contribution is 2.28. The van der Waals surface area contributed by atoms with Gasteiger partial charge in [-0.15, -0.1) is 0 Å². The maximum atomic E-state index is 13.0. The largest absolute Gasteiger partial charge is 0.417 e. The van der Waals surface area contributed by atoms with Crippen molar-refractivity contribution in [3.63, 3.8) is 0 Å². The number of aromatic nitrogens is 1. The minimum Gasteiger partial charge on any atom is -0.324 e. The highest BCUT2D eigenvalue weighted by molar-refractivity contribution is 6.10. The van der Waals surface area contributed by atoms with Crippen molar-refractivity contribution in [3.05, 3.63) is 94.2 Å². The second-order valence-corrected chi connectivity index (χ2v) is 6.44. The maximum absolute atomic E-state index is 13.0. The van der Waals surface area contributed by atoms with Crippen LogP contribution in [0.4, 0.5) is 28.9 Å². The minimum absolute atomic E-state index is 0.0663. The molecule has 1 aromatic heterocycles. The molecule has 160 valence electrons. The summed E-state index contributed by atoms with van der Waals surface area (Å²) in [5.41, 5.74) is -1.38. The van der Waals surface area contributed by atoms with Gasteiger partial charge in [0.15, 0.2) is 0 Å². The van der Waals surface area contributed by atoms with Gasteiger partial charge in [-0.25, -0.2) is 4.39 Å². The zero-order valence-corrected chi connectivity index (χ0v) is 15.7. The van der Waals surface area contributed by atoms with Gasteiger partial charge in [-0.1, -0.05) is 12.1 Å². The Bertz CT molecular complexity index is 1170. The van der Waals surface area contributed by atoms with Crippen molar-refractivity contribution < 1.29 is 27.2 Å². The van der Waals surface area contributed by atoms with Crippen LogP contribution in [0.25, 0.3) is 0 Å². The Morgan fingerprint density at radius 2 is 1.58 bits per heavy atom. The third-order valence-corrected chi connectivity index (χ3v) is 4.17. The molecule has 10 heteroatoms. The lowest BCUT2D eigenvalue weighted by atomic mass is 10.1. The first-order valence-corrected chi connectivity index (χ1v) is 8.87. The summed E-state index contributed by atoms with van der Waals surface area (Å²) in [6.07, 6.45) is -4.12. The molecule has 2 N–H and O–H groups in total. The first-order valence-electron chi connectivity index (χ1n) is 8.87. The number of rotatable bonds is 5. The quantitative estimate of drug-likeness (QED) is 0.599. The molecule has 0 unspecified atom stereocenters. The number of carbonyl (C=O) groups is 2. The maximum Gasteiger partial charge on any atom is 0.417 e. The van der Waals surface area contributed by atoms with Crippen LogP contribution in [0, 0.1) is 5.82 Å². The van der Waals surface area contributed by atoms with Gasteiger partial charge in [-0.3, -0.25) is 14.4 Å². The molecule has 0 radical (unpaired) electrons. The second kappa shape index (κ2) is 8.82. The van der Waals surface area contributed by atoms with E-state index in [-0.39, 0.29) is 11.3 Å². The molecule has 2 amide bonds. The van der Waals surface area contributed by atoms with Gasteiger partial charge in [-0.05, 0) is 42.5 Å². The molecular formula is C21H15F4N3O3. The van der Waals surface area contributed by atoms with E-state index in [1.807, 2.05) is 0 Å². The molecule has 3 aromatic rings. The van der Waals surface area contributed by atoms with Crippen molar-refractivity contribution in [2.75, 3.05) is 10.6 Å². The van der Waals surface area contributed by atoms with Gasteiger partial charge < -0.3 is 15.2 Å². The molecule has 0 bridgehead atoms. The van der Waals surface area contributed by atoms with Crippen LogP contribution in [0.5, 0.6) is 0 Å². The summed E-state index contributed by atoms with van der Waals surface area (Å²) < 4.78 is 52.2. The molecule has 0 aliphatic heterocycles. The van der Waals surface area contributed by atoms with Gasteiger partial charge in [0.1, 0.15) is 12.4 Å². The van der Waals surface area contributed by atoms with E-state index in [1.165, 1.54) is 24.3 Å². The molecular weight excluding hydrogens is 418 g/mol. The van der Waals surface area contributed by atoms with E-state index < -0.39 is 41.5 Å². The first kappa shape index (κ1) is 21.8. The highest BCUT2D eigenvalue weighted by atomic mass is 19.4. The molecule has 0 saturated heterocycles. The number of nitrogens with one attached hydrogen (secondary N) is 2. The number of carbonyl (C=O) groups excluding carboxylic acids is 2. The Kier molecular flexibility index (Phi) is 6.19. The number of anilines is 2. The Labute approximate surface area is 173 Å². The lowest BCUT2D eigenvalue weighted by molar-refractivity contribution is -0.138. The fourth-order valence-corrected chi connectivity index (χ4v) is 2.69. The van der Waals surface area contributed by atoms with Crippen molar-refractivity contribution in [2.24, 2.45) is 0 Å². The molecule has 1 heterocycles. The summed E-state index contributed by atoms with van der Waals surface area (Å²) in [6, 6.07) is 12.3. The van der Waals surface area contributed by atoms with Crippen LogP contribution in [-0.4, -0.2) is 16.4 Å². The molecule has 31 heavy (non-hydrogen) atoms. The number of nitrogens with zero attached hydrogens (tertiary/aromatic N) is 1. The van der Waals surface area contributed by atoms with E-state index in [2.05, 4.69) is 10.6 Å². The molecule has 0 atom stereocenters. The van der Waals surface area contributed by atoms with Crippen LogP contribution < -0.4 is 16.2 Å². The third-order valence-electron chi connectivity index (χ3n) is 4.17. The molecule has 0 spiro atoms. The number of hydrogen-bond acceptors (Lipinski definition) is 3. The fourth-order valence-electron chi connectivity index (χ4n) is 2.69. The van der Waals surface area contributed by atoms with E-state index in [4.69, 9.17) is 0 Å². The first-order chi connectivity index (χ1) is 14.6. The zero-order chi connectivity index (χ0) is 22.6. The van der Waals surface area contributed by atoms with Gasteiger partial charge in [0.05, 0.1) is 16.8 Å². The van der Waals surface area contributed by atoms with Gasteiger partial charge in [0.25, 0.3) is 11.5 Å². The van der Waals surface area contributed by atoms with Gasteiger partial charge in [-0.2, -0.15) is 13.2 Å². The predicted molar refractivity (Wildman–Crippen MR) is 105 cm³/mol. The van der Waals surface area contributed by atoms with Gasteiger partial charge in [0, 0.05) is 18.0 Å². The summed E-state index contributed by atoms with van der Waals surface area (Å²) >= 11 is 0. The number of hydrogen-bond donors (Lipinski definition) is 2. The van der Waals surface area contributed by atoms with Crippen LogP contribution in [0.1, 0.15) is 15.9 Å². The average molecular weight is 433 g/mol.